The minimum absolute atomic E-state index is 0.149. The fourth-order valence-corrected chi connectivity index (χ4v) is 2.32. The average molecular weight is 268 g/mol. The maximum Gasteiger partial charge on any atom is 0.306 e. The van der Waals surface area contributed by atoms with Crippen LogP contribution in [-0.4, -0.2) is 11.1 Å². The molecule has 0 aromatic carbocycles. The summed E-state index contributed by atoms with van der Waals surface area (Å²) >= 11 is 0. The lowest BCUT2D eigenvalue weighted by molar-refractivity contribution is -0.142. The Balaban J connectivity index is 3.44. The molecule has 0 amide bonds. The first-order valence-corrected chi connectivity index (χ1v) is 8.10. The van der Waals surface area contributed by atoms with Crippen molar-refractivity contribution in [3.05, 3.63) is 12.2 Å². The third-order valence-corrected chi connectivity index (χ3v) is 3.56. The van der Waals surface area contributed by atoms with E-state index in [0.29, 0.717) is 0 Å². The van der Waals surface area contributed by atoms with Crippen molar-refractivity contribution >= 4 is 5.97 Å². The molecule has 19 heavy (non-hydrogen) atoms. The van der Waals surface area contributed by atoms with Gasteiger partial charge in [0.2, 0.25) is 0 Å². The zero-order chi connectivity index (χ0) is 14.3. The molecule has 0 rings (SSSR count). The topological polar surface area (TPSA) is 37.3 Å². The predicted molar refractivity (Wildman–Crippen MR) is 82.4 cm³/mol. The second kappa shape index (κ2) is 13.6. The molecule has 1 unspecified atom stereocenters. The number of carbonyl (C=O) groups is 1. The molecule has 2 nitrogen and oxygen atoms in total. The smallest absolute Gasteiger partial charge is 0.306 e. The van der Waals surface area contributed by atoms with Gasteiger partial charge in [-0.05, 0) is 32.1 Å². The van der Waals surface area contributed by atoms with Gasteiger partial charge in [0.1, 0.15) is 0 Å². The molecule has 0 bridgehead atoms. The van der Waals surface area contributed by atoms with Gasteiger partial charge in [0.05, 0.1) is 5.92 Å². The molecule has 0 aromatic heterocycles. The van der Waals surface area contributed by atoms with E-state index in [0.717, 1.165) is 32.1 Å². The molecule has 0 radical (unpaired) electrons. The number of aliphatic carboxylic acids is 1. The quantitative estimate of drug-likeness (QED) is 0.350. The molecule has 0 saturated carbocycles. The Hall–Kier alpha value is -0.790. The third kappa shape index (κ3) is 12.0. The molecule has 0 aromatic rings. The van der Waals surface area contributed by atoms with E-state index in [1.807, 2.05) is 6.92 Å². The van der Waals surface area contributed by atoms with E-state index in [-0.39, 0.29) is 5.92 Å². The van der Waals surface area contributed by atoms with Crippen molar-refractivity contribution in [2.45, 2.75) is 84.5 Å². The Labute approximate surface area is 119 Å². The molecule has 0 aliphatic heterocycles. The summed E-state index contributed by atoms with van der Waals surface area (Å²) in [5.74, 6) is -0.783. The second-order valence-corrected chi connectivity index (χ2v) is 5.43. The SMILES string of the molecule is CCCCCCCC/C=C/CCC(CCC)C(=O)O. The molecule has 0 aliphatic rings. The van der Waals surface area contributed by atoms with Crippen LogP contribution in [0.1, 0.15) is 84.5 Å². The summed E-state index contributed by atoms with van der Waals surface area (Å²) in [6.07, 6.45) is 17.0. The number of hydrogen-bond donors (Lipinski definition) is 1. The van der Waals surface area contributed by atoms with E-state index >= 15 is 0 Å². The highest BCUT2D eigenvalue weighted by Crippen LogP contribution is 2.14. The average Bonchev–Trinajstić information content (AvgIpc) is 2.39. The highest BCUT2D eigenvalue weighted by molar-refractivity contribution is 5.69. The fraction of sp³-hybridized carbons (Fsp3) is 0.824. The van der Waals surface area contributed by atoms with Gasteiger partial charge in [-0.2, -0.15) is 0 Å². The number of unbranched alkanes of at least 4 members (excludes halogenated alkanes) is 6. The molecule has 0 heterocycles. The Morgan fingerprint density at radius 3 is 2.16 bits per heavy atom. The van der Waals surface area contributed by atoms with E-state index in [2.05, 4.69) is 19.1 Å². The van der Waals surface area contributed by atoms with Crippen LogP contribution in [0.2, 0.25) is 0 Å². The van der Waals surface area contributed by atoms with Crippen LogP contribution < -0.4 is 0 Å². The minimum atomic E-state index is -0.633. The third-order valence-electron chi connectivity index (χ3n) is 3.56. The minimum Gasteiger partial charge on any atom is -0.481 e. The summed E-state index contributed by atoms with van der Waals surface area (Å²) in [4.78, 5) is 11.0. The van der Waals surface area contributed by atoms with E-state index in [1.54, 1.807) is 0 Å². The Morgan fingerprint density at radius 2 is 1.53 bits per heavy atom. The van der Waals surface area contributed by atoms with E-state index in [1.165, 1.54) is 38.5 Å². The zero-order valence-electron chi connectivity index (χ0n) is 12.9. The maximum atomic E-state index is 11.0. The van der Waals surface area contributed by atoms with Crippen molar-refractivity contribution in [2.75, 3.05) is 0 Å². The lowest BCUT2D eigenvalue weighted by Gasteiger charge is -2.08. The first kappa shape index (κ1) is 18.2. The second-order valence-electron chi connectivity index (χ2n) is 5.43. The normalized spacial score (nSPS) is 12.9. The number of rotatable bonds is 13. The van der Waals surface area contributed by atoms with Crippen LogP contribution in [0, 0.1) is 5.92 Å². The van der Waals surface area contributed by atoms with Gasteiger partial charge in [-0.25, -0.2) is 0 Å². The van der Waals surface area contributed by atoms with Gasteiger partial charge in [-0.15, -0.1) is 0 Å². The lowest BCUT2D eigenvalue weighted by atomic mass is 9.98. The van der Waals surface area contributed by atoms with Gasteiger partial charge >= 0.3 is 5.97 Å². The van der Waals surface area contributed by atoms with E-state index in [4.69, 9.17) is 5.11 Å². The molecule has 0 spiro atoms. The Bertz CT molecular complexity index is 233. The van der Waals surface area contributed by atoms with Gasteiger partial charge < -0.3 is 5.11 Å². The van der Waals surface area contributed by atoms with Gasteiger partial charge in [0, 0.05) is 0 Å². The van der Waals surface area contributed by atoms with Crippen LogP contribution in [0.4, 0.5) is 0 Å². The molecule has 0 saturated heterocycles. The number of hydrogen-bond acceptors (Lipinski definition) is 1. The standard InChI is InChI=1S/C17H32O2/c1-3-5-6-7-8-9-10-11-12-13-15-16(14-4-2)17(18)19/h11-12,16H,3-10,13-15H2,1-2H3,(H,18,19)/b12-11+. The monoisotopic (exact) mass is 268 g/mol. The van der Waals surface area contributed by atoms with Crippen molar-refractivity contribution in [3.63, 3.8) is 0 Å². The van der Waals surface area contributed by atoms with Crippen LogP contribution in [0.15, 0.2) is 12.2 Å². The Morgan fingerprint density at radius 1 is 0.895 bits per heavy atom. The summed E-state index contributed by atoms with van der Waals surface area (Å²) in [5, 5.41) is 9.02. The Kier molecular flexibility index (Phi) is 13.1. The summed E-state index contributed by atoms with van der Waals surface area (Å²) < 4.78 is 0. The van der Waals surface area contributed by atoms with Gasteiger partial charge in [0.25, 0.3) is 0 Å². The summed E-state index contributed by atoms with van der Waals surface area (Å²) in [7, 11) is 0. The van der Waals surface area contributed by atoms with Gasteiger partial charge in [-0.3, -0.25) is 4.79 Å². The van der Waals surface area contributed by atoms with Crippen LogP contribution in [0.25, 0.3) is 0 Å². The molecule has 112 valence electrons. The predicted octanol–water partition coefficient (Wildman–Crippen LogP) is 5.57. The van der Waals surface area contributed by atoms with Crippen molar-refractivity contribution < 1.29 is 9.90 Å². The molecule has 0 fully saturated rings. The summed E-state index contributed by atoms with van der Waals surface area (Å²) in [5.41, 5.74) is 0. The van der Waals surface area contributed by atoms with Crippen LogP contribution in [0.5, 0.6) is 0 Å². The molecular weight excluding hydrogens is 236 g/mol. The maximum absolute atomic E-state index is 11.0. The number of allylic oxidation sites excluding steroid dienone is 2. The van der Waals surface area contributed by atoms with Crippen LogP contribution in [-0.2, 0) is 4.79 Å². The van der Waals surface area contributed by atoms with Gasteiger partial charge in [0.15, 0.2) is 0 Å². The van der Waals surface area contributed by atoms with Crippen molar-refractivity contribution in [1.29, 1.82) is 0 Å². The van der Waals surface area contributed by atoms with Crippen LogP contribution in [0.3, 0.4) is 0 Å². The molecule has 2 heteroatoms. The zero-order valence-corrected chi connectivity index (χ0v) is 12.9. The molecule has 0 aliphatic carbocycles. The summed E-state index contributed by atoms with van der Waals surface area (Å²) in [6, 6.07) is 0. The van der Waals surface area contributed by atoms with E-state index < -0.39 is 5.97 Å². The lowest BCUT2D eigenvalue weighted by Crippen LogP contribution is -2.12. The number of carboxylic acids is 1. The van der Waals surface area contributed by atoms with Crippen molar-refractivity contribution in [2.24, 2.45) is 5.92 Å². The van der Waals surface area contributed by atoms with Crippen molar-refractivity contribution in [3.8, 4) is 0 Å². The number of carboxylic acid groups (broad SMARTS) is 1. The largest absolute Gasteiger partial charge is 0.481 e. The van der Waals surface area contributed by atoms with Crippen LogP contribution >= 0.6 is 0 Å². The molecule has 1 atom stereocenters. The first-order valence-electron chi connectivity index (χ1n) is 8.10. The van der Waals surface area contributed by atoms with Crippen molar-refractivity contribution in [1.82, 2.24) is 0 Å². The van der Waals surface area contributed by atoms with Gasteiger partial charge in [-0.1, -0.05) is 64.5 Å². The fourth-order valence-electron chi connectivity index (χ4n) is 2.32. The highest BCUT2D eigenvalue weighted by atomic mass is 16.4. The van der Waals surface area contributed by atoms with E-state index in [9.17, 15) is 4.79 Å². The molecule has 1 N–H and O–H groups in total. The highest BCUT2D eigenvalue weighted by Gasteiger charge is 2.14. The molecular formula is C17H32O2. The first-order chi connectivity index (χ1) is 9.22. The summed E-state index contributed by atoms with van der Waals surface area (Å²) in [6.45, 7) is 4.29.